The molecule has 6 heteroatoms. The lowest BCUT2D eigenvalue weighted by atomic mass is 10.2. The number of nitrogens with one attached hydrogen (secondary N) is 1. The van der Waals surface area contributed by atoms with Crippen molar-refractivity contribution >= 4 is 33.4 Å². The number of benzene rings is 1. The number of nitrogens with two attached hydrogens (primary N) is 2. The van der Waals surface area contributed by atoms with Gasteiger partial charge in [-0.15, -0.1) is 0 Å². The van der Waals surface area contributed by atoms with Crippen molar-refractivity contribution in [1.82, 2.24) is 15.0 Å². The van der Waals surface area contributed by atoms with E-state index in [2.05, 4.69) is 21.9 Å². The van der Waals surface area contributed by atoms with E-state index in [4.69, 9.17) is 11.5 Å². The summed E-state index contributed by atoms with van der Waals surface area (Å²) in [5, 5.41) is 2.01. The fourth-order valence-electron chi connectivity index (χ4n) is 2.50. The largest absolute Gasteiger partial charge is 0.399 e. The summed E-state index contributed by atoms with van der Waals surface area (Å²) in [5.74, 6) is 1.58. The Morgan fingerprint density at radius 3 is 2.80 bits per heavy atom. The Morgan fingerprint density at radius 1 is 1.30 bits per heavy atom. The highest BCUT2D eigenvalue weighted by atomic mass is 15.2. The van der Waals surface area contributed by atoms with Crippen molar-refractivity contribution in [2.45, 2.75) is 13.8 Å². The third-order valence-electron chi connectivity index (χ3n) is 3.47. The molecule has 20 heavy (non-hydrogen) atoms. The Labute approximate surface area is 116 Å². The fourth-order valence-corrected chi connectivity index (χ4v) is 2.50. The van der Waals surface area contributed by atoms with E-state index < -0.39 is 0 Å². The number of anilines is 2. The zero-order chi connectivity index (χ0) is 14.3. The molecule has 1 aromatic carbocycles. The highest BCUT2D eigenvalue weighted by molar-refractivity contribution is 6.12. The van der Waals surface area contributed by atoms with Gasteiger partial charge in [-0.1, -0.05) is 0 Å². The van der Waals surface area contributed by atoms with Crippen molar-refractivity contribution in [3.8, 4) is 0 Å². The molecule has 0 saturated carbocycles. The molecule has 0 atom stereocenters. The van der Waals surface area contributed by atoms with E-state index in [0.29, 0.717) is 6.67 Å². The third kappa shape index (κ3) is 1.85. The van der Waals surface area contributed by atoms with E-state index in [1.54, 1.807) is 0 Å². The van der Waals surface area contributed by atoms with Gasteiger partial charge in [-0.25, -0.2) is 9.97 Å². The molecule has 0 spiro atoms. The number of nitrogen functional groups attached to an aromatic ring is 1. The van der Waals surface area contributed by atoms with Gasteiger partial charge in [0.2, 0.25) is 0 Å². The molecule has 0 aliphatic heterocycles. The average molecular weight is 270 g/mol. The van der Waals surface area contributed by atoms with E-state index in [1.807, 2.05) is 30.0 Å². The Morgan fingerprint density at radius 2 is 2.10 bits per heavy atom. The second kappa shape index (κ2) is 4.64. The summed E-state index contributed by atoms with van der Waals surface area (Å²) in [4.78, 5) is 14.4. The highest BCUT2D eigenvalue weighted by Gasteiger charge is 2.16. The predicted molar refractivity (Wildman–Crippen MR) is 82.6 cm³/mol. The van der Waals surface area contributed by atoms with Crippen LogP contribution in [0.15, 0.2) is 18.2 Å². The minimum atomic E-state index is 0.414. The second-order valence-electron chi connectivity index (χ2n) is 4.79. The molecule has 0 aliphatic carbocycles. The highest BCUT2D eigenvalue weighted by Crippen LogP contribution is 2.32. The minimum Gasteiger partial charge on any atom is -0.399 e. The van der Waals surface area contributed by atoms with Gasteiger partial charge in [0, 0.05) is 23.1 Å². The monoisotopic (exact) mass is 270 g/mol. The van der Waals surface area contributed by atoms with Crippen LogP contribution in [0.25, 0.3) is 21.9 Å². The number of rotatable bonds is 3. The van der Waals surface area contributed by atoms with Gasteiger partial charge in [0.05, 0.1) is 12.1 Å². The van der Waals surface area contributed by atoms with E-state index >= 15 is 0 Å². The van der Waals surface area contributed by atoms with Crippen LogP contribution >= 0.6 is 0 Å². The number of hydrogen-bond donors (Lipinski definition) is 3. The molecule has 0 saturated heterocycles. The molecule has 0 unspecified atom stereocenters. The fraction of sp³-hybridized carbons (Fsp3) is 0.286. The number of aryl methyl sites for hydroxylation is 1. The third-order valence-corrected chi connectivity index (χ3v) is 3.47. The second-order valence-corrected chi connectivity index (χ2v) is 4.79. The molecule has 0 fully saturated rings. The molecule has 0 amide bonds. The Bertz CT molecular complexity index is 772. The van der Waals surface area contributed by atoms with Crippen LogP contribution in [0.2, 0.25) is 0 Å². The summed E-state index contributed by atoms with van der Waals surface area (Å²) < 4.78 is 0. The molecule has 104 valence electrons. The molecule has 6 nitrogen and oxygen atoms in total. The zero-order valence-electron chi connectivity index (χ0n) is 11.6. The van der Waals surface area contributed by atoms with Gasteiger partial charge in [0.25, 0.3) is 0 Å². The SMILES string of the molecule is CCN(CN)c1nc(C)nc2[nH]c3ccc(N)cc3c12. The van der Waals surface area contributed by atoms with Crippen molar-refractivity contribution in [3.63, 3.8) is 0 Å². The maximum absolute atomic E-state index is 5.90. The predicted octanol–water partition coefficient (Wildman–Crippen LogP) is 1.74. The molecule has 2 aromatic heterocycles. The Hall–Kier alpha value is -2.34. The summed E-state index contributed by atoms with van der Waals surface area (Å²) in [7, 11) is 0. The minimum absolute atomic E-state index is 0.414. The summed E-state index contributed by atoms with van der Waals surface area (Å²) >= 11 is 0. The normalized spacial score (nSPS) is 11.3. The molecule has 5 N–H and O–H groups in total. The number of fused-ring (bicyclic) bond motifs is 3. The van der Waals surface area contributed by atoms with Gasteiger partial charge >= 0.3 is 0 Å². The maximum atomic E-state index is 5.90. The smallest absolute Gasteiger partial charge is 0.144 e. The lowest BCUT2D eigenvalue weighted by Gasteiger charge is -2.20. The summed E-state index contributed by atoms with van der Waals surface area (Å²) in [6, 6.07) is 5.78. The topological polar surface area (TPSA) is 96.8 Å². The van der Waals surface area contributed by atoms with Crippen molar-refractivity contribution < 1.29 is 0 Å². The van der Waals surface area contributed by atoms with E-state index in [9.17, 15) is 0 Å². The number of aromatic nitrogens is 3. The summed E-state index contributed by atoms with van der Waals surface area (Å²) in [5.41, 5.74) is 14.3. The molecular formula is C14H18N6. The quantitative estimate of drug-likeness (QED) is 0.497. The number of aromatic amines is 1. The van der Waals surface area contributed by atoms with Gasteiger partial charge in [-0.05, 0) is 32.0 Å². The molecule has 0 aliphatic rings. The lowest BCUT2D eigenvalue weighted by Crippen LogP contribution is -2.30. The van der Waals surface area contributed by atoms with Crippen molar-refractivity contribution in [2.75, 3.05) is 23.8 Å². The van der Waals surface area contributed by atoms with Crippen molar-refractivity contribution in [1.29, 1.82) is 0 Å². The summed E-state index contributed by atoms with van der Waals surface area (Å²) in [6.45, 7) is 5.14. The first kappa shape index (κ1) is 12.7. The molecular weight excluding hydrogens is 252 g/mol. The van der Waals surface area contributed by atoms with Crippen LogP contribution in [-0.2, 0) is 0 Å². The standard InChI is InChI=1S/C14H18N6/c1-3-20(7-15)14-12-10-6-9(16)4-5-11(10)19-13(12)17-8(2)18-14/h4-6H,3,7,15-16H2,1-2H3,(H,17,18,19). The summed E-state index contributed by atoms with van der Waals surface area (Å²) in [6.07, 6.45) is 0. The van der Waals surface area contributed by atoms with Gasteiger partial charge in [-0.3, -0.25) is 0 Å². The molecule has 0 radical (unpaired) electrons. The number of nitrogens with zero attached hydrogens (tertiary/aromatic N) is 3. The zero-order valence-corrected chi connectivity index (χ0v) is 11.6. The first-order valence-electron chi connectivity index (χ1n) is 6.64. The Kier molecular flexibility index (Phi) is 2.94. The van der Waals surface area contributed by atoms with Crippen LogP contribution in [0.4, 0.5) is 11.5 Å². The number of hydrogen-bond acceptors (Lipinski definition) is 5. The molecule has 2 heterocycles. The van der Waals surface area contributed by atoms with Crippen molar-refractivity contribution in [3.05, 3.63) is 24.0 Å². The maximum Gasteiger partial charge on any atom is 0.144 e. The first-order valence-corrected chi connectivity index (χ1v) is 6.64. The molecule has 0 bridgehead atoms. The molecule has 3 aromatic rings. The van der Waals surface area contributed by atoms with E-state index in [0.717, 1.165) is 45.8 Å². The first-order chi connectivity index (χ1) is 9.63. The van der Waals surface area contributed by atoms with Crippen LogP contribution in [0.5, 0.6) is 0 Å². The average Bonchev–Trinajstić information content (AvgIpc) is 2.77. The van der Waals surface area contributed by atoms with Gasteiger partial charge < -0.3 is 21.4 Å². The van der Waals surface area contributed by atoms with E-state index in [-0.39, 0.29) is 0 Å². The lowest BCUT2D eigenvalue weighted by molar-refractivity contribution is 0.823. The van der Waals surface area contributed by atoms with E-state index in [1.165, 1.54) is 0 Å². The van der Waals surface area contributed by atoms with Crippen LogP contribution < -0.4 is 16.4 Å². The number of H-pyrrole nitrogens is 1. The van der Waals surface area contributed by atoms with Crippen LogP contribution in [0.1, 0.15) is 12.7 Å². The Balaban J connectivity index is 2.42. The van der Waals surface area contributed by atoms with Gasteiger partial charge in [0.1, 0.15) is 17.3 Å². The van der Waals surface area contributed by atoms with Gasteiger partial charge in [0.15, 0.2) is 0 Å². The van der Waals surface area contributed by atoms with Crippen molar-refractivity contribution in [2.24, 2.45) is 5.73 Å². The van der Waals surface area contributed by atoms with Crippen LogP contribution in [0.3, 0.4) is 0 Å². The van der Waals surface area contributed by atoms with Crippen LogP contribution in [0, 0.1) is 6.92 Å². The molecule has 3 rings (SSSR count). The van der Waals surface area contributed by atoms with Gasteiger partial charge in [-0.2, -0.15) is 0 Å². The van der Waals surface area contributed by atoms with Crippen LogP contribution in [-0.4, -0.2) is 28.2 Å².